The fraction of sp³-hybridized carbons (Fsp3) is 0.385. The molecule has 0 aromatic heterocycles. The smallest absolute Gasteiger partial charge is 0.242 e. The Bertz CT molecular complexity index is 586. The summed E-state index contributed by atoms with van der Waals surface area (Å²) >= 11 is 0. The Kier molecular flexibility index (Phi) is 4.38. The number of sulfonamides is 1. The van der Waals surface area contributed by atoms with Crippen molar-refractivity contribution < 1.29 is 8.42 Å². The molecule has 4 nitrogen and oxygen atoms in total. The number of nitrogens with one attached hydrogen (secondary N) is 1. The van der Waals surface area contributed by atoms with Crippen molar-refractivity contribution in [3.05, 3.63) is 23.3 Å². The first-order valence-electron chi connectivity index (χ1n) is 5.60. The Morgan fingerprint density at radius 1 is 1.39 bits per heavy atom. The first-order valence-corrected chi connectivity index (χ1v) is 7.08. The van der Waals surface area contributed by atoms with Gasteiger partial charge in [0.1, 0.15) is 4.90 Å². The minimum atomic E-state index is -3.62. The lowest BCUT2D eigenvalue weighted by molar-refractivity contribution is 0.564. The number of benzene rings is 1. The minimum Gasteiger partial charge on any atom is -0.398 e. The van der Waals surface area contributed by atoms with Gasteiger partial charge in [0.05, 0.1) is 5.69 Å². The fourth-order valence-corrected chi connectivity index (χ4v) is 3.03. The molecule has 3 N–H and O–H groups in total. The van der Waals surface area contributed by atoms with Crippen molar-refractivity contribution in [2.24, 2.45) is 0 Å². The van der Waals surface area contributed by atoms with Crippen LogP contribution in [0, 0.1) is 26.2 Å². The predicted molar refractivity (Wildman–Crippen MR) is 73.6 cm³/mol. The summed E-state index contributed by atoms with van der Waals surface area (Å²) < 4.78 is 26.8. The fourth-order valence-electron chi connectivity index (χ4n) is 1.59. The molecule has 1 rings (SSSR count). The zero-order chi connectivity index (χ0) is 13.9. The van der Waals surface area contributed by atoms with Gasteiger partial charge in [0, 0.05) is 12.5 Å². The summed E-state index contributed by atoms with van der Waals surface area (Å²) in [4.78, 5) is 0.106. The average Bonchev–Trinajstić information content (AvgIpc) is 2.22. The van der Waals surface area contributed by atoms with E-state index in [2.05, 4.69) is 10.6 Å². The van der Waals surface area contributed by atoms with Gasteiger partial charge >= 0.3 is 0 Å². The maximum atomic E-state index is 12.1. The molecule has 0 aliphatic rings. The molecular weight excluding hydrogens is 248 g/mol. The topological polar surface area (TPSA) is 72.2 Å². The molecule has 0 amide bonds. The van der Waals surface area contributed by atoms with Crippen LogP contribution in [0.2, 0.25) is 0 Å². The zero-order valence-corrected chi connectivity index (χ0v) is 11.6. The standard InChI is InChI=1S/C13H18N2O2S/c1-5-6-11(4)15-18(16,17)13-8-10(3)9(2)7-12(13)14/h1,7-8,11,15H,6,14H2,2-4H3. The van der Waals surface area contributed by atoms with Gasteiger partial charge in [-0.25, -0.2) is 13.1 Å². The van der Waals surface area contributed by atoms with E-state index in [1.807, 2.05) is 13.8 Å². The predicted octanol–water partition coefficient (Wildman–Crippen LogP) is 1.58. The van der Waals surface area contributed by atoms with Gasteiger partial charge in [0.2, 0.25) is 10.0 Å². The molecule has 18 heavy (non-hydrogen) atoms. The number of aryl methyl sites for hydroxylation is 2. The first-order chi connectivity index (χ1) is 8.27. The molecule has 0 saturated carbocycles. The molecule has 0 aliphatic carbocycles. The van der Waals surface area contributed by atoms with Gasteiger partial charge in [0.25, 0.3) is 0 Å². The SMILES string of the molecule is C#CCC(C)NS(=O)(=O)c1cc(C)c(C)cc1N. The number of nitrogen functional groups attached to an aromatic ring is 1. The average molecular weight is 266 g/mol. The van der Waals surface area contributed by atoms with E-state index >= 15 is 0 Å². The van der Waals surface area contributed by atoms with E-state index in [1.165, 1.54) is 0 Å². The van der Waals surface area contributed by atoms with Crippen LogP contribution >= 0.6 is 0 Å². The largest absolute Gasteiger partial charge is 0.398 e. The molecule has 1 aromatic carbocycles. The van der Waals surface area contributed by atoms with Crippen LogP contribution in [0.4, 0.5) is 5.69 Å². The molecule has 0 heterocycles. The Balaban J connectivity index is 3.14. The second kappa shape index (κ2) is 5.42. The summed E-state index contributed by atoms with van der Waals surface area (Å²) in [5.41, 5.74) is 7.86. The van der Waals surface area contributed by atoms with E-state index in [4.69, 9.17) is 12.2 Å². The highest BCUT2D eigenvalue weighted by molar-refractivity contribution is 7.89. The number of hydrogen-bond donors (Lipinski definition) is 2. The molecule has 5 heteroatoms. The molecule has 0 radical (unpaired) electrons. The minimum absolute atomic E-state index is 0.106. The molecule has 1 atom stereocenters. The number of rotatable bonds is 4. The van der Waals surface area contributed by atoms with E-state index in [-0.39, 0.29) is 16.6 Å². The monoisotopic (exact) mass is 266 g/mol. The van der Waals surface area contributed by atoms with Gasteiger partial charge < -0.3 is 5.73 Å². The van der Waals surface area contributed by atoms with Crippen molar-refractivity contribution in [3.63, 3.8) is 0 Å². The van der Waals surface area contributed by atoms with Crippen molar-refractivity contribution in [3.8, 4) is 12.3 Å². The lowest BCUT2D eigenvalue weighted by atomic mass is 10.1. The Labute approximate surface area is 109 Å². The van der Waals surface area contributed by atoms with E-state index in [9.17, 15) is 8.42 Å². The maximum Gasteiger partial charge on any atom is 0.242 e. The van der Waals surface area contributed by atoms with Crippen molar-refractivity contribution in [2.75, 3.05) is 5.73 Å². The van der Waals surface area contributed by atoms with Crippen LogP contribution in [0.15, 0.2) is 17.0 Å². The second-order valence-electron chi connectivity index (χ2n) is 4.40. The van der Waals surface area contributed by atoms with Crippen molar-refractivity contribution in [1.29, 1.82) is 0 Å². The number of nitrogens with two attached hydrogens (primary N) is 1. The summed E-state index contributed by atoms with van der Waals surface area (Å²) in [5, 5.41) is 0. The van der Waals surface area contributed by atoms with Crippen LogP contribution in [0.5, 0.6) is 0 Å². The number of anilines is 1. The van der Waals surface area contributed by atoms with Gasteiger partial charge in [-0.3, -0.25) is 0 Å². The van der Waals surface area contributed by atoms with Crippen LogP contribution in [0.1, 0.15) is 24.5 Å². The van der Waals surface area contributed by atoms with E-state index in [0.29, 0.717) is 6.42 Å². The molecule has 0 aliphatic heterocycles. The van der Waals surface area contributed by atoms with Crippen molar-refractivity contribution >= 4 is 15.7 Å². The molecule has 1 unspecified atom stereocenters. The first kappa shape index (κ1) is 14.6. The Morgan fingerprint density at radius 3 is 2.50 bits per heavy atom. The van der Waals surface area contributed by atoms with E-state index in [1.54, 1.807) is 19.1 Å². The molecule has 0 fully saturated rings. The molecular formula is C13H18N2O2S. The molecule has 0 bridgehead atoms. The normalized spacial score (nSPS) is 13.0. The van der Waals surface area contributed by atoms with Crippen molar-refractivity contribution in [2.45, 2.75) is 38.1 Å². The summed E-state index contributed by atoms with van der Waals surface area (Å²) in [6.45, 7) is 5.45. The van der Waals surface area contributed by atoms with E-state index < -0.39 is 10.0 Å². The lowest BCUT2D eigenvalue weighted by Crippen LogP contribution is -2.32. The lowest BCUT2D eigenvalue weighted by Gasteiger charge is -2.14. The third-order valence-electron chi connectivity index (χ3n) is 2.70. The molecule has 1 aromatic rings. The van der Waals surface area contributed by atoms with Crippen LogP contribution in [-0.4, -0.2) is 14.5 Å². The maximum absolute atomic E-state index is 12.1. The van der Waals surface area contributed by atoms with Crippen LogP contribution in [-0.2, 0) is 10.0 Å². The molecule has 0 spiro atoms. The number of hydrogen-bond acceptors (Lipinski definition) is 3. The van der Waals surface area contributed by atoms with Crippen LogP contribution in [0.3, 0.4) is 0 Å². The van der Waals surface area contributed by atoms with Gasteiger partial charge in [-0.15, -0.1) is 12.3 Å². The molecule has 0 saturated heterocycles. The zero-order valence-electron chi connectivity index (χ0n) is 10.8. The summed E-state index contributed by atoms with van der Waals surface area (Å²) in [6, 6.07) is 2.92. The van der Waals surface area contributed by atoms with Gasteiger partial charge in [-0.2, -0.15) is 0 Å². The van der Waals surface area contributed by atoms with Gasteiger partial charge in [0.15, 0.2) is 0 Å². The van der Waals surface area contributed by atoms with Crippen LogP contribution in [0.25, 0.3) is 0 Å². The van der Waals surface area contributed by atoms with Gasteiger partial charge in [-0.1, -0.05) is 0 Å². The quantitative estimate of drug-likeness (QED) is 0.642. The highest BCUT2D eigenvalue weighted by Crippen LogP contribution is 2.22. The number of terminal acetylenes is 1. The Hall–Kier alpha value is -1.51. The third kappa shape index (κ3) is 3.25. The van der Waals surface area contributed by atoms with Crippen molar-refractivity contribution in [1.82, 2.24) is 4.72 Å². The summed E-state index contributed by atoms with van der Waals surface area (Å²) in [5.74, 6) is 2.42. The molecule has 98 valence electrons. The summed E-state index contributed by atoms with van der Waals surface area (Å²) in [6.07, 6.45) is 5.49. The Morgan fingerprint density at radius 2 is 1.94 bits per heavy atom. The third-order valence-corrected chi connectivity index (χ3v) is 4.34. The second-order valence-corrected chi connectivity index (χ2v) is 6.09. The van der Waals surface area contributed by atoms with E-state index in [0.717, 1.165) is 11.1 Å². The van der Waals surface area contributed by atoms with Crippen LogP contribution < -0.4 is 10.5 Å². The van der Waals surface area contributed by atoms with Gasteiger partial charge in [-0.05, 0) is 44.0 Å². The highest BCUT2D eigenvalue weighted by atomic mass is 32.2. The highest BCUT2D eigenvalue weighted by Gasteiger charge is 2.20. The summed E-state index contributed by atoms with van der Waals surface area (Å²) in [7, 11) is -3.62.